The van der Waals surface area contributed by atoms with E-state index >= 15 is 0 Å². The Bertz CT molecular complexity index is 5600. The van der Waals surface area contributed by atoms with Gasteiger partial charge in [-0.1, -0.05) is 133 Å². The number of halogens is 3. The average Bonchev–Trinajstić information content (AvgIpc) is 1.54. The zero-order valence-electron chi connectivity index (χ0n) is 83.0. The highest BCUT2D eigenvalue weighted by molar-refractivity contribution is 7.88. The maximum atomic E-state index is 13.3. The molecule has 10 rings (SSSR count). The Labute approximate surface area is 811 Å². The Balaban J connectivity index is 0.000000269. The van der Waals surface area contributed by atoms with Crippen LogP contribution in [0.2, 0.25) is 19.6 Å². The number of ketones is 1. The maximum Gasteiger partial charge on any atom is 0.522 e. The maximum absolute atomic E-state index is 13.3. The number of alkyl halides is 3. The number of aliphatic carboxylic acids is 1. The summed E-state index contributed by atoms with van der Waals surface area (Å²) in [6, 6.07) is 22.9. The lowest BCUT2D eigenvalue weighted by Gasteiger charge is -2.35. The molecule has 4 aliphatic heterocycles. The first kappa shape index (κ1) is 114. The van der Waals surface area contributed by atoms with Crippen molar-refractivity contribution >= 4 is 146 Å². The molecular formula is C99H136F3N13O22SSi. The summed E-state index contributed by atoms with van der Waals surface area (Å²) in [5, 5.41) is 23.8. The summed E-state index contributed by atoms with van der Waals surface area (Å²) in [5.74, 6) is -7.05. The molecule has 0 unspecified atom stereocenters. The summed E-state index contributed by atoms with van der Waals surface area (Å²) in [7, 11) is -8.10. The van der Waals surface area contributed by atoms with Gasteiger partial charge in [-0.2, -0.15) is 21.6 Å². The van der Waals surface area contributed by atoms with Gasteiger partial charge in [-0.3, -0.25) is 77.4 Å². The molecule has 3 saturated heterocycles. The van der Waals surface area contributed by atoms with Crippen molar-refractivity contribution < 1.29 is 117 Å². The number of allylic oxidation sites excluding steroid dienone is 1. The lowest BCUT2D eigenvalue weighted by atomic mass is 9.89. The van der Waals surface area contributed by atoms with Gasteiger partial charge in [-0.05, 0) is 212 Å². The number of carboxylic acid groups (broad SMARTS) is 1. The Morgan fingerprint density at radius 3 is 1.56 bits per heavy atom. The van der Waals surface area contributed by atoms with E-state index in [0.29, 0.717) is 86.3 Å². The van der Waals surface area contributed by atoms with E-state index in [4.69, 9.17) is 44.5 Å². The van der Waals surface area contributed by atoms with Crippen LogP contribution in [0.4, 0.5) is 13.2 Å². The number of ether oxygens (including phenoxy) is 5. The third-order valence-electron chi connectivity index (χ3n) is 22.2. The molecule has 760 valence electrons. The van der Waals surface area contributed by atoms with Crippen LogP contribution in [0.3, 0.4) is 0 Å². The first-order chi connectivity index (χ1) is 64.7. The summed E-state index contributed by atoms with van der Waals surface area (Å²) >= 11 is 0. The first-order valence-electron chi connectivity index (χ1n) is 46.7. The largest absolute Gasteiger partial charge is 0.522 e. The highest BCUT2D eigenvalue weighted by Crippen LogP contribution is 2.31. The number of nitrogens with two attached hydrogens (primary N) is 1. The van der Waals surface area contributed by atoms with Crippen molar-refractivity contribution in [2.75, 3.05) is 19.6 Å². The van der Waals surface area contributed by atoms with Crippen molar-refractivity contribution in [3.8, 4) is 0 Å². The predicted octanol–water partition coefficient (Wildman–Crippen LogP) is 13.1. The van der Waals surface area contributed by atoms with Gasteiger partial charge in [-0.25, -0.2) is 31.2 Å². The number of carboxylic acids is 1. The molecule has 7 heterocycles. The number of pyridine rings is 3. The third kappa shape index (κ3) is 36.4. The van der Waals surface area contributed by atoms with Gasteiger partial charge in [-0.15, -0.1) is 0 Å². The Kier molecular flexibility index (Phi) is 41.8. The summed E-state index contributed by atoms with van der Waals surface area (Å²) in [6.07, 6.45) is 12.1. The molecule has 3 aromatic heterocycles. The van der Waals surface area contributed by atoms with Gasteiger partial charge in [0.25, 0.3) is 17.7 Å². The minimum Gasteiger partial charge on any atom is -0.481 e. The first-order valence-corrected chi connectivity index (χ1v) is 51.5. The van der Waals surface area contributed by atoms with E-state index < -0.39 is 155 Å². The number of benzene rings is 3. The number of carbonyl (C=O) groups is 13. The van der Waals surface area contributed by atoms with E-state index in [1.807, 2.05) is 153 Å². The number of fused-ring (bicyclic) bond motifs is 6. The molecule has 139 heavy (non-hydrogen) atoms. The van der Waals surface area contributed by atoms with Gasteiger partial charge < -0.3 is 54.3 Å². The quantitative estimate of drug-likeness (QED) is 0.0114. The highest BCUT2D eigenvalue weighted by atomic mass is 32.2. The van der Waals surface area contributed by atoms with Gasteiger partial charge in [0.1, 0.15) is 71.5 Å². The number of nitrogens with zero attached hydrogens (tertiary/aromatic N) is 6. The number of hydrogen-bond acceptors (Lipinski definition) is 28. The predicted molar refractivity (Wildman–Crippen MR) is 519 cm³/mol. The van der Waals surface area contributed by atoms with Crippen LogP contribution in [0.1, 0.15) is 247 Å². The fourth-order valence-corrected chi connectivity index (χ4v) is 17.7. The molecule has 0 spiro atoms. The minimum atomic E-state index is -5.39. The molecule has 12 atom stereocenters. The van der Waals surface area contributed by atoms with Gasteiger partial charge in [0, 0.05) is 54.6 Å². The van der Waals surface area contributed by atoms with Gasteiger partial charge >= 0.3 is 51.4 Å². The molecule has 3 aromatic carbocycles. The standard InChI is InChI=1S/C38H54N4O8.C29H36N4O5.C28H37N5O6.C4H9F3O3SSi/c1-23(2)28(22-33(44)50-38(8,9)10)34(45)39-24(3)35(46)42-20-12-14-30(41-42)36(47)48-25(4)29-19-18-27-17-16-26(21-31(27)40-29)13-11-15-32(43)49-37(5,6)7;1-17(2)23-16-22(34)8-5-7-20-10-11-21-12-13-24(31-26(21)15-20)19(4)38-29(37)25-9-6-14-33(32-25)28(36)18(3)30-27(23)35;1-16(2)25(29)26(36)30-17(3)27(37)33-14-6-8-22(32-33)28(38)39-18(4)21-13-12-20-11-10-19(15-23(20)31-21)7-5-9-24(34)35;1-12(2,3)10-11(8,9)4(5,6)7/h11,13,16-19,21,23-25,28,30,41H,12,14-15,20,22H2,1-10H3,(H,39,45);5,7,10-13,15,17-19,23,25,32H,6,8-9,14,16H2,1-4H3,(H,30,35);5,7,10-13,15-18,22,25,32H,6,8-9,14,29H2,1-4H3,(H,30,36)(H,34,35);1-3H3/b13-11+;2*7-5+;/t24-,25+,28-,30-;18-,19+,23-,25-;17-,18+,22-,25-;/m000./s1. The second-order valence-electron chi connectivity index (χ2n) is 38.8. The van der Waals surface area contributed by atoms with Crippen LogP contribution >= 0.6 is 0 Å². The number of amides is 6. The van der Waals surface area contributed by atoms with E-state index in [0.717, 1.165) is 38.4 Å². The van der Waals surface area contributed by atoms with E-state index in [1.54, 1.807) is 98.8 Å². The molecule has 5 bridgehead atoms. The number of Topliss-reactive ketones (excluding diaryl/α,β-unsaturated/α-hetero) is 1. The highest BCUT2D eigenvalue weighted by Gasteiger charge is 2.49. The second-order valence-corrected chi connectivity index (χ2v) is 45.1. The zero-order valence-corrected chi connectivity index (χ0v) is 84.8. The summed E-state index contributed by atoms with van der Waals surface area (Å²) in [6.45, 7) is 37.1. The number of cyclic esters (lactones) is 1. The second kappa shape index (κ2) is 50.9. The van der Waals surface area contributed by atoms with Crippen LogP contribution < -0.4 is 38.0 Å². The molecule has 4 aliphatic rings. The molecule has 9 N–H and O–H groups in total. The molecular weight excluding hydrogens is 1840 g/mol. The summed E-state index contributed by atoms with van der Waals surface area (Å²) < 4.78 is 87.6. The number of carbonyl (C=O) groups excluding carboxylic acids is 12. The molecule has 6 aromatic rings. The minimum absolute atomic E-state index is 0.0498. The smallest absolute Gasteiger partial charge is 0.481 e. The van der Waals surface area contributed by atoms with Gasteiger partial charge in [0.15, 0.2) is 0 Å². The van der Waals surface area contributed by atoms with Crippen molar-refractivity contribution in [2.45, 2.75) is 292 Å². The third-order valence-corrected chi connectivity index (χ3v) is 25.7. The van der Waals surface area contributed by atoms with Gasteiger partial charge in [0.05, 0.1) is 64.9 Å². The monoisotopic (exact) mass is 1980 g/mol. The molecule has 0 aliphatic carbocycles. The zero-order chi connectivity index (χ0) is 104. The Morgan fingerprint density at radius 2 is 1.09 bits per heavy atom. The topological polar surface area (TPSA) is 478 Å². The summed E-state index contributed by atoms with van der Waals surface area (Å²) in [4.78, 5) is 179. The average molecular weight is 1980 g/mol. The van der Waals surface area contributed by atoms with Crippen molar-refractivity contribution in [2.24, 2.45) is 35.3 Å². The molecule has 3 fully saturated rings. The van der Waals surface area contributed by atoms with Crippen molar-refractivity contribution in [1.82, 2.24) is 62.2 Å². The molecule has 0 radical (unpaired) electrons. The lowest BCUT2D eigenvalue weighted by Crippen LogP contribution is -2.60. The van der Waals surface area contributed by atoms with Crippen LogP contribution in [0.15, 0.2) is 109 Å². The van der Waals surface area contributed by atoms with Gasteiger partial charge in [0.2, 0.25) is 26.0 Å². The fourth-order valence-electron chi connectivity index (χ4n) is 14.7. The van der Waals surface area contributed by atoms with Crippen LogP contribution in [0.5, 0.6) is 0 Å². The number of rotatable bonds is 25. The number of hydrazine groups is 3. The number of aromatic nitrogens is 3. The van der Waals surface area contributed by atoms with Crippen molar-refractivity contribution in [1.29, 1.82) is 0 Å². The molecule has 0 saturated carbocycles. The van der Waals surface area contributed by atoms with E-state index in [9.17, 15) is 83.9 Å². The van der Waals surface area contributed by atoms with E-state index in [-0.39, 0.29) is 79.3 Å². The van der Waals surface area contributed by atoms with Crippen LogP contribution in [-0.4, -0.2) is 208 Å². The van der Waals surface area contributed by atoms with E-state index in [1.165, 1.54) is 34.7 Å². The van der Waals surface area contributed by atoms with Crippen LogP contribution in [0, 0.1) is 29.6 Å². The van der Waals surface area contributed by atoms with Crippen LogP contribution in [0.25, 0.3) is 50.9 Å². The van der Waals surface area contributed by atoms with Crippen LogP contribution in [-0.2, 0) is 100 Å². The van der Waals surface area contributed by atoms with Crippen molar-refractivity contribution in [3.63, 3.8) is 0 Å². The van der Waals surface area contributed by atoms with E-state index in [2.05, 4.69) is 41.1 Å². The van der Waals surface area contributed by atoms with Crippen molar-refractivity contribution in [3.05, 3.63) is 143 Å². The Morgan fingerprint density at radius 1 is 0.612 bits per heavy atom. The molecule has 35 nitrogen and oxygen atoms in total. The SMILES string of the molecule is CC(C)[C@@H]1CC(=O)C/C=C/c2ccc3ccc(nc3c2)[C@@H](C)OC(=O)[C@@H]2CCCN(N2)C(=O)[C@H](C)NC1=O.CC(C)[C@H](CC(=O)OC(C)(C)C)C(=O)N[C@@H](C)C(=O)N1CCC[C@@H](C(=O)O[C@H](C)c2ccc3ccc(/C=C/CC(=O)OC(C)(C)C)cc3n2)N1.CC(C)[C@H](N)C(=O)N[C@@H](C)C(=O)N1CCC[C@@H](C(=O)O[C@H](C)c2ccc3ccc(/C=C/CC(=O)O)cc3n2)N1.C[Si](C)(C)OS(=O)(=O)C(F)(F)F. The summed E-state index contributed by atoms with van der Waals surface area (Å²) in [5.41, 5.74) is 14.7. The molecule has 6 amide bonds. The fraction of sp³-hybridized carbons (Fsp3) is 0.535. The number of hydrogen-bond donors (Lipinski definition) is 8. The Hall–Kier alpha value is -11.8. The number of esters is 5. The molecule has 40 heteroatoms. The normalized spacial score (nSPS) is 19.9. The number of nitrogens with one attached hydrogen (secondary N) is 6. The lowest BCUT2D eigenvalue weighted by molar-refractivity contribution is -0.159.